The topological polar surface area (TPSA) is 160 Å². The average molecular weight is 574 g/mol. The third kappa shape index (κ3) is 7.06. The van der Waals surface area contributed by atoms with Crippen molar-refractivity contribution < 1.29 is 37.4 Å². The second kappa shape index (κ2) is 12.0. The SMILES string of the molecule is CC(=O)CCc1ccccc1OP(=O)(C[C@@H](C)C(C)=O)OC[C@H]1O[C@@H](n2ccc(N)nc2=O)[C@@](F)(Cl)C1O. The van der Waals surface area contributed by atoms with Crippen LogP contribution in [0.4, 0.5) is 10.2 Å². The highest BCUT2D eigenvalue weighted by Crippen LogP contribution is 2.52. The molecule has 2 unspecified atom stereocenters. The highest BCUT2D eigenvalue weighted by Gasteiger charge is 2.58. The van der Waals surface area contributed by atoms with Crippen molar-refractivity contribution in [3.05, 3.63) is 52.6 Å². The summed E-state index contributed by atoms with van der Waals surface area (Å²) in [5, 5.41) is 7.56. The van der Waals surface area contributed by atoms with Crippen LogP contribution in [0.1, 0.15) is 39.0 Å². The minimum atomic E-state index is -4.11. The second-order valence-electron chi connectivity index (χ2n) is 9.19. The van der Waals surface area contributed by atoms with Gasteiger partial charge in [0.1, 0.15) is 35.3 Å². The lowest BCUT2D eigenvalue weighted by molar-refractivity contribution is -0.120. The maximum atomic E-state index is 15.3. The van der Waals surface area contributed by atoms with E-state index >= 15 is 4.39 Å². The number of anilines is 1. The molecule has 2 aromatic rings. The quantitative estimate of drug-likeness (QED) is 0.285. The number of aryl methyl sites for hydroxylation is 1. The molecule has 0 radical (unpaired) electrons. The Labute approximate surface area is 223 Å². The lowest BCUT2D eigenvalue weighted by Crippen LogP contribution is -2.41. The summed E-state index contributed by atoms with van der Waals surface area (Å²) in [7, 11) is -4.11. The number of halogens is 2. The molecule has 14 heteroatoms. The van der Waals surface area contributed by atoms with Gasteiger partial charge >= 0.3 is 13.3 Å². The van der Waals surface area contributed by atoms with Crippen LogP contribution in [0.15, 0.2) is 41.3 Å². The number of benzene rings is 1. The van der Waals surface area contributed by atoms with Crippen LogP contribution in [0.3, 0.4) is 0 Å². The molecule has 0 saturated carbocycles. The Balaban J connectivity index is 1.84. The number of alkyl halides is 2. The monoisotopic (exact) mass is 573 g/mol. The molecule has 6 atom stereocenters. The van der Waals surface area contributed by atoms with Crippen LogP contribution in [-0.4, -0.2) is 56.3 Å². The van der Waals surface area contributed by atoms with Crippen molar-refractivity contribution in [2.75, 3.05) is 18.5 Å². The maximum absolute atomic E-state index is 15.3. The zero-order valence-corrected chi connectivity index (χ0v) is 22.7. The van der Waals surface area contributed by atoms with Gasteiger partial charge in [-0.3, -0.25) is 13.9 Å². The minimum Gasteiger partial charge on any atom is -0.424 e. The number of ether oxygens (including phenoxy) is 1. The van der Waals surface area contributed by atoms with E-state index in [2.05, 4.69) is 4.98 Å². The van der Waals surface area contributed by atoms with Crippen molar-refractivity contribution in [2.45, 2.75) is 57.2 Å². The highest BCUT2D eigenvalue weighted by atomic mass is 35.5. The van der Waals surface area contributed by atoms with Crippen LogP contribution in [-0.2, 0) is 29.8 Å². The molecule has 11 nitrogen and oxygen atoms in total. The summed E-state index contributed by atoms with van der Waals surface area (Å²) in [5.74, 6) is -0.948. The molecule has 208 valence electrons. The van der Waals surface area contributed by atoms with Gasteiger partial charge in [-0.2, -0.15) is 4.98 Å². The number of nitrogens with zero attached hydrogens (tertiary/aromatic N) is 2. The summed E-state index contributed by atoms with van der Waals surface area (Å²) in [5.41, 5.74) is 5.10. The van der Waals surface area contributed by atoms with Gasteiger partial charge in [-0.15, -0.1) is 0 Å². The van der Waals surface area contributed by atoms with E-state index in [9.17, 15) is 24.1 Å². The van der Waals surface area contributed by atoms with Crippen molar-refractivity contribution >= 4 is 36.6 Å². The van der Waals surface area contributed by atoms with Gasteiger partial charge in [0, 0.05) is 18.5 Å². The number of rotatable bonds is 12. The molecule has 1 aromatic heterocycles. The van der Waals surface area contributed by atoms with Crippen LogP contribution in [0.5, 0.6) is 5.75 Å². The number of para-hydroxylation sites is 1. The fourth-order valence-corrected chi connectivity index (χ4v) is 6.05. The fraction of sp³-hybridized carbons (Fsp3) is 0.500. The number of aliphatic hydroxyl groups excluding tert-OH is 1. The Morgan fingerprint density at radius 2 is 2.03 bits per heavy atom. The zero-order chi connectivity index (χ0) is 28.3. The zero-order valence-electron chi connectivity index (χ0n) is 21.1. The Kier molecular flexibility index (Phi) is 9.48. The Morgan fingerprint density at radius 3 is 2.66 bits per heavy atom. The standard InChI is InChI=1S/C24H30ClFN3O8P/c1-14(16(3)31)13-38(34,37-18-7-5-4-6-17(18)9-8-15(2)30)35-12-19-21(32)24(25,26)22(36-19)29-11-10-20(27)28-23(29)33/h4-7,10-11,14,19,21-22,32H,8-9,12-13H2,1-3H3,(H2,27,28,33)/t14-,19-,21?,22-,24-,38?/m1/s1. The van der Waals surface area contributed by atoms with Crippen LogP contribution >= 0.6 is 19.2 Å². The van der Waals surface area contributed by atoms with Crippen molar-refractivity contribution in [1.82, 2.24) is 9.55 Å². The van der Waals surface area contributed by atoms with E-state index in [4.69, 9.17) is 31.1 Å². The third-order valence-corrected chi connectivity index (χ3v) is 8.49. The lowest BCUT2D eigenvalue weighted by atomic mass is 10.1. The number of carbonyl (C=O) groups excluding carboxylic acids is 2. The first kappa shape index (κ1) is 29.9. The third-order valence-electron chi connectivity index (χ3n) is 6.07. The van der Waals surface area contributed by atoms with Crippen LogP contribution in [0, 0.1) is 5.92 Å². The predicted octanol–water partition coefficient (Wildman–Crippen LogP) is 3.02. The van der Waals surface area contributed by atoms with Gasteiger partial charge in [0.05, 0.1) is 12.8 Å². The van der Waals surface area contributed by atoms with Crippen LogP contribution in [0.2, 0.25) is 0 Å². The fourth-order valence-electron chi connectivity index (χ4n) is 3.74. The molecule has 38 heavy (non-hydrogen) atoms. The molecule has 3 N–H and O–H groups in total. The maximum Gasteiger partial charge on any atom is 0.380 e. The van der Waals surface area contributed by atoms with E-state index in [1.807, 2.05) is 0 Å². The van der Waals surface area contributed by atoms with Gasteiger partial charge in [-0.25, -0.2) is 13.8 Å². The van der Waals surface area contributed by atoms with Crippen molar-refractivity contribution in [1.29, 1.82) is 0 Å². The van der Waals surface area contributed by atoms with E-state index < -0.39 is 49.4 Å². The number of aliphatic hydroxyl groups is 1. The molecule has 1 aliphatic rings. The van der Waals surface area contributed by atoms with E-state index in [0.29, 0.717) is 12.0 Å². The summed E-state index contributed by atoms with van der Waals surface area (Å²) in [4.78, 5) is 39.1. The van der Waals surface area contributed by atoms with Crippen LogP contribution in [0.25, 0.3) is 0 Å². The molecule has 0 aliphatic carbocycles. The largest absolute Gasteiger partial charge is 0.424 e. The summed E-state index contributed by atoms with van der Waals surface area (Å²) < 4.78 is 46.8. The number of hydrogen-bond donors (Lipinski definition) is 2. The normalized spacial score (nSPS) is 25.5. The summed E-state index contributed by atoms with van der Waals surface area (Å²) in [6.45, 7) is 3.67. The highest BCUT2D eigenvalue weighted by molar-refractivity contribution is 7.54. The van der Waals surface area contributed by atoms with Gasteiger partial charge in [0.2, 0.25) is 0 Å². The summed E-state index contributed by atoms with van der Waals surface area (Å²) >= 11 is 5.92. The van der Waals surface area contributed by atoms with Crippen molar-refractivity contribution in [3.63, 3.8) is 0 Å². The van der Waals surface area contributed by atoms with Crippen molar-refractivity contribution in [3.8, 4) is 5.75 Å². The molecule has 3 rings (SSSR count). The molecule has 1 aromatic carbocycles. The number of Topliss-reactive ketones (excluding diaryl/α,β-unsaturated/α-hetero) is 2. The lowest BCUT2D eigenvalue weighted by Gasteiger charge is -2.25. The van der Waals surface area contributed by atoms with Gasteiger partial charge in [-0.1, -0.05) is 36.7 Å². The van der Waals surface area contributed by atoms with E-state index in [1.165, 1.54) is 19.9 Å². The Bertz CT molecular complexity index is 1290. The number of carbonyl (C=O) groups is 2. The molecule has 2 heterocycles. The molecule has 0 amide bonds. The number of nitrogen functional groups attached to an aromatic ring is 1. The number of ketones is 2. The van der Waals surface area contributed by atoms with Crippen LogP contribution < -0.4 is 15.9 Å². The molecular weight excluding hydrogens is 544 g/mol. The Hall–Kier alpha value is -2.63. The molecule has 1 saturated heterocycles. The number of aromatic nitrogens is 2. The molecular formula is C24H30ClFN3O8P. The van der Waals surface area contributed by atoms with Gasteiger partial charge in [0.25, 0.3) is 5.13 Å². The van der Waals surface area contributed by atoms with E-state index in [-0.39, 0.29) is 35.7 Å². The summed E-state index contributed by atoms with van der Waals surface area (Å²) in [6.07, 6.45) is -3.92. The van der Waals surface area contributed by atoms with Gasteiger partial charge < -0.3 is 24.9 Å². The Morgan fingerprint density at radius 1 is 1.34 bits per heavy atom. The molecule has 0 spiro atoms. The number of hydrogen-bond acceptors (Lipinski definition) is 10. The molecule has 1 aliphatic heterocycles. The van der Waals surface area contributed by atoms with Gasteiger partial charge in [0.15, 0.2) is 6.23 Å². The second-order valence-corrected chi connectivity index (χ2v) is 11.8. The first-order chi connectivity index (χ1) is 17.7. The predicted molar refractivity (Wildman–Crippen MR) is 137 cm³/mol. The molecule has 0 bridgehead atoms. The van der Waals surface area contributed by atoms with E-state index in [1.54, 1.807) is 31.2 Å². The first-order valence-corrected chi connectivity index (χ1v) is 13.9. The first-order valence-electron chi connectivity index (χ1n) is 11.8. The average Bonchev–Trinajstić information content (AvgIpc) is 3.05. The van der Waals surface area contributed by atoms with Gasteiger partial charge in [-0.05, 0) is 38.0 Å². The minimum absolute atomic E-state index is 0.0439. The van der Waals surface area contributed by atoms with Crippen molar-refractivity contribution in [2.24, 2.45) is 5.92 Å². The smallest absolute Gasteiger partial charge is 0.380 e. The molecule has 1 fully saturated rings. The summed E-state index contributed by atoms with van der Waals surface area (Å²) in [6, 6.07) is 7.85. The van der Waals surface area contributed by atoms with E-state index in [0.717, 1.165) is 10.8 Å². The number of nitrogens with two attached hydrogens (primary N) is 1.